The van der Waals surface area contributed by atoms with Crippen molar-refractivity contribution in [2.24, 2.45) is 0 Å². The van der Waals surface area contributed by atoms with Crippen molar-refractivity contribution in [3.05, 3.63) is 78.1 Å². The van der Waals surface area contributed by atoms with E-state index in [1.807, 2.05) is 20.8 Å². The van der Waals surface area contributed by atoms with Crippen LogP contribution in [0.1, 0.15) is 85.3 Å². The molecule has 0 amide bonds. The van der Waals surface area contributed by atoms with Gasteiger partial charge in [0.05, 0.1) is 0 Å². The van der Waals surface area contributed by atoms with E-state index in [2.05, 4.69) is 109 Å². The van der Waals surface area contributed by atoms with Crippen molar-refractivity contribution < 1.29 is 8.78 Å². The number of likely N-dealkylation sites (tertiary alicyclic amines) is 2. The number of halogens is 2. The second-order valence-corrected chi connectivity index (χ2v) is 12.1. The number of alkyl halides is 2. The first-order chi connectivity index (χ1) is 21.5. The number of rotatable bonds is 10. The largest absolute Gasteiger partial charge is 0.299 e. The predicted octanol–water partition coefficient (Wildman–Crippen LogP) is 8.88. The molecule has 0 saturated carbocycles. The molecule has 1 aromatic rings. The molecule has 2 fully saturated rings. The maximum atomic E-state index is 11.0. The zero-order valence-corrected chi connectivity index (χ0v) is 29.3. The van der Waals surface area contributed by atoms with Crippen molar-refractivity contribution >= 4 is 5.57 Å². The fourth-order valence-corrected chi connectivity index (χ4v) is 5.58. The summed E-state index contributed by atoms with van der Waals surface area (Å²) in [6.45, 7) is 20.8. The van der Waals surface area contributed by atoms with Gasteiger partial charge in [0.15, 0.2) is 0 Å². The zero-order valence-electron chi connectivity index (χ0n) is 29.3. The van der Waals surface area contributed by atoms with Crippen LogP contribution in [0.2, 0.25) is 0 Å². The minimum absolute atomic E-state index is 0.327. The molecule has 4 rings (SSSR count). The lowest BCUT2D eigenvalue weighted by atomic mass is 10.0. The van der Waals surface area contributed by atoms with Crippen molar-refractivity contribution in [1.29, 1.82) is 0 Å². The van der Waals surface area contributed by atoms with E-state index in [1.54, 1.807) is 0 Å². The summed E-state index contributed by atoms with van der Waals surface area (Å²) in [5.74, 6) is 3.06. The maximum Gasteiger partial charge on any atom is 0.242 e. The van der Waals surface area contributed by atoms with Gasteiger partial charge in [0, 0.05) is 70.2 Å². The number of hydrogen-bond donors (Lipinski definition) is 0. The summed E-state index contributed by atoms with van der Waals surface area (Å²) in [7, 11) is 0. The first-order valence-electron chi connectivity index (χ1n) is 16.7. The van der Waals surface area contributed by atoms with Gasteiger partial charge in [-0.15, -0.1) is 18.8 Å². The van der Waals surface area contributed by atoms with Crippen LogP contribution in [0.3, 0.4) is 0 Å². The standard InChI is InChI=1S/C25H38N3.C10H9.C3H6F2.C2H6/c1-6-10-16-26(15-8-3)25-14-19-28(21-25)23-12-17-27(18-13-23)24(11-7-2)20-22(5)9-4;1-8-2-4-9(5-3-8)10-6-7-10;1-3(2,4)5;1-2/h1,4,7-8,11,20,23-25H,10,12-19,21H2,2-3,5H3;2-7H,1H3;1-2H3;1-2H3/b11-7-,22-20-;;;. The van der Waals surface area contributed by atoms with Gasteiger partial charge in [0.25, 0.3) is 0 Å². The van der Waals surface area contributed by atoms with Crippen molar-refractivity contribution in [3.8, 4) is 24.7 Å². The Hall–Kier alpha value is -2.70. The van der Waals surface area contributed by atoms with Gasteiger partial charge in [-0.05, 0) is 77.0 Å². The highest BCUT2D eigenvalue weighted by atomic mass is 19.3. The molecule has 0 spiro atoms. The Bertz CT molecular complexity index is 1120. The Balaban J connectivity index is 0.000000482. The van der Waals surface area contributed by atoms with Gasteiger partial charge in [-0.25, -0.2) is 8.78 Å². The molecule has 3 aliphatic rings. The minimum atomic E-state index is -2.50. The van der Waals surface area contributed by atoms with Gasteiger partial charge in [-0.2, -0.15) is 0 Å². The van der Waals surface area contributed by atoms with Crippen LogP contribution >= 0.6 is 0 Å². The first-order valence-corrected chi connectivity index (χ1v) is 16.7. The van der Waals surface area contributed by atoms with Crippen LogP contribution < -0.4 is 0 Å². The van der Waals surface area contributed by atoms with Gasteiger partial charge in [-0.1, -0.05) is 80.8 Å². The van der Waals surface area contributed by atoms with E-state index >= 15 is 0 Å². The molecule has 2 aliphatic heterocycles. The van der Waals surface area contributed by atoms with E-state index in [9.17, 15) is 8.78 Å². The molecular weight excluding hydrogens is 560 g/mol. The Kier molecular flexibility index (Phi) is 19.7. The predicted molar refractivity (Wildman–Crippen MR) is 192 cm³/mol. The van der Waals surface area contributed by atoms with Crippen LogP contribution in [-0.2, 0) is 0 Å². The van der Waals surface area contributed by atoms with Crippen LogP contribution in [0.5, 0.6) is 0 Å². The molecule has 1 aromatic carbocycles. The maximum absolute atomic E-state index is 11.0. The molecule has 0 N–H and O–H groups in total. The average Bonchev–Trinajstić information content (AvgIpc) is 3.76. The summed E-state index contributed by atoms with van der Waals surface area (Å²) in [4.78, 5) is 7.87. The normalized spacial score (nSPS) is 19.6. The third kappa shape index (κ3) is 17.0. The number of aryl methyl sites for hydroxylation is 1. The first kappa shape index (κ1) is 40.3. The Morgan fingerprint density at radius 3 is 2.16 bits per heavy atom. The quantitative estimate of drug-likeness (QED) is 0.191. The molecule has 2 heterocycles. The molecule has 0 bridgehead atoms. The number of terminal acetylenes is 2. The van der Waals surface area contributed by atoms with Gasteiger partial charge in [0.2, 0.25) is 5.92 Å². The molecule has 2 atom stereocenters. The summed E-state index contributed by atoms with van der Waals surface area (Å²) >= 11 is 0. The summed E-state index contributed by atoms with van der Waals surface area (Å²) in [6, 6.07) is 10.3. The second-order valence-electron chi connectivity index (χ2n) is 12.1. The highest BCUT2D eigenvalue weighted by Gasteiger charge is 2.33. The van der Waals surface area contributed by atoms with E-state index in [1.165, 1.54) is 49.1 Å². The fraction of sp³-hybridized carbons (Fsp3) is 0.550. The summed E-state index contributed by atoms with van der Waals surface area (Å²) in [5.41, 5.74) is 5.06. The Morgan fingerprint density at radius 1 is 1.07 bits per heavy atom. The van der Waals surface area contributed by atoms with Crippen molar-refractivity contribution in [2.75, 3.05) is 39.3 Å². The molecule has 0 aromatic heterocycles. The van der Waals surface area contributed by atoms with Crippen LogP contribution in [0, 0.1) is 44.5 Å². The lowest BCUT2D eigenvalue weighted by molar-refractivity contribution is 0.0437. The lowest BCUT2D eigenvalue weighted by Crippen LogP contribution is -2.47. The second kappa shape index (κ2) is 21.9. The molecule has 2 saturated heterocycles. The van der Waals surface area contributed by atoms with Crippen molar-refractivity contribution in [1.82, 2.24) is 14.7 Å². The Morgan fingerprint density at radius 2 is 1.67 bits per heavy atom. The summed E-state index contributed by atoms with van der Waals surface area (Å²) in [5, 5.41) is 0. The van der Waals surface area contributed by atoms with Crippen LogP contribution in [0.4, 0.5) is 8.78 Å². The average molecular weight is 620 g/mol. The Labute approximate surface area is 275 Å². The van der Waals surface area contributed by atoms with E-state index < -0.39 is 5.92 Å². The van der Waals surface area contributed by atoms with Gasteiger partial charge in [-0.3, -0.25) is 14.7 Å². The third-order valence-electron chi connectivity index (χ3n) is 7.87. The molecule has 2 radical (unpaired) electrons. The third-order valence-corrected chi connectivity index (χ3v) is 7.87. The van der Waals surface area contributed by atoms with Crippen molar-refractivity contribution in [3.63, 3.8) is 0 Å². The van der Waals surface area contributed by atoms with E-state index in [4.69, 9.17) is 12.8 Å². The molecule has 5 heteroatoms. The molecule has 45 heavy (non-hydrogen) atoms. The van der Waals surface area contributed by atoms with E-state index in [0.717, 1.165) is 52.0 Å². The summed E-state index contributed by atoms with van der Waals surface area (Å²) in [6.07, 6.45) is 28.8. The minimum Gasteiger partial charge on any atom is -0.299 e. The van der Waals surface area contributed by atoms with E-state index in [-0.39, 0.29) is 0 Å². The van der Waals surface area contributed by atoms with Crippen LogP contribution in [-0.4, -0.2) is 78.0 Å². The number of hydrogen-bond acceptors (Lipinski definition) is 3. The monoisotopic (exact) mass is 619 g/mol. The number of benzene rings is 1. The van der Waals surface area contributed by atoms with Crippen molar-refractivity contribution in [2.45, 2.75) is 105 Å². The molecule has 3 nitrogen and oxygen atoms in total. The van der Waals surface area contributed by atoms with Crippen LogP contribution in [0.15, 0.2) is 54.1 Å². The topological polar surface area (TPSA) is 9.72 Å². The molecule has 248 valence electrons. The number of allylic oxidation sites excluding steroid dienone is 4. The zero-order chi connectivity index (χ0) is 33.8. The number of piperidine rings is 1. The lowest BCUT2D eigenvalue weighted by Gasteiger charge is -2.39. The fourth-order valence-electron chi connectivity index (χ4n) is 5.58. The SMILES string of the molecule is C#CCCN(C[CH]C)C1CCN(C2CCN(C(/C=C\C)/C=C(/C)C#C)CC2)C1.CC.CC(C)(F)F.Cc1ccc(C2=C[CH]2)cc1. The highest BCUT2D eigenvalue weighted by Crippen LogP contribution is 2.29. The number of nitrogens with zero attached hydrogens (tertiary/aromatic N) is 3. The molecule has 1 aliphatic carbocycles. The molecular formula is C40H59F2N3. The summed E-state index contributed by atoms with van der Waals surface area (Å²) < 4.78 is 22.0. The van der Waals surface area contributed by atoms with Crippen LogP contribution in [0.25, 0.3) is 5.57 Å². The van der Waals surface area contributed by atoms with E-state index in [0.29, 0.717) is 18.1 Å². The van der Waals surface area contributed by atoms with Gasteiger partial charge >= 0.3 is 0 Å². The highest BCUT2D eigenvalue weighted by molar-refractivity contribution is 5.87. The molecule has 2 unspecified atom stereocenters. The van der Waals surface area contributed by atoms with Gasteiger partial charge in [0.1, 0.15) is 0 Å². The smallest absolute Gasteiger partial charge is 0.242 e. The van der Waals surface area contributed by atoms with Gasteiger partial charge < -0.3 is 0 Å².